The molecule has 1 atom stereocenters. The first kappa shape index (κ1) is 19.1. The van der Waals surface area contributed by atoms with Crippen LogP contribution in [0.3, 0.4) is 0 Å². The van der Waals surface area contributed by atoms with Crippen molar-refractivity contribution in [3.05, 3.63) is 76.8 Å². The molecule has 0 radical (unpaired) electrons. The molecule has 0 saturated carbocycles. The number of aryl methyl sites for hydroxylation is 2. The second-order valence-corrected chi connectivity index (χ2v) is 8.31. The highest BCUT2D eigenvalue weighted by Crippen LogP contribution is 2.25. The number of hydrogen-bond donors (Lipinski definition) is 0. The molecule has 5 aromatic rings. The predicted molar refractivity (Wildman–Crippen MR) is 124 cm³/mol. The third-order valence-corrected chi connectivity index (χ3v) is 6.21. The summed E-state index contributed by atoms with van der Waals surface area (Å²) in [5, 5.41) is 0.534. The number of aromatic nitrogens is 5. The minimum Gasteiger partial charge on any atom is -0.376 e. The maximum absolute atomic E-state index is 13.5. The average Bonchev–Trinajstić information content (AvgIpc) is 3.45. The number of nitrogens with zero attached hydrogens (tertiary/aromatic N) is 5. The van der Waals surface area contributed by atoms with Crippen LogP contribution in [0.25, 0.3) is 33.2 Å². The molecule has 1 aliphatic heterocycles. The number of hydrogen-bond acceptors (Lipinski definition) is 5. The maximum atomic E-state index is 13.5. The lowest BCUT2D eigenvalue weighted by Gasteiger charge is -2.11. The standard InChI is InChI=1S/C25H23N5O2/c31-25-21-22-24(28-20-11-5-4-10-19(20)27-22)30(13-12-17-7-2-1-3-8-17)23(21)26-16-29(25)15-18-9-6-14-32-18/h1-5,7-8,10-11,16,18H,6,9,12-15H2. The van der Waals surface area contributed by atoms with E-state index in [1.165, 1.54) is 5.56 Å². The maximum Gasteiger partial charge on any atom is 0.265 e. The molecule has 1 saturated heterocycles. The second-order valence-electron chi connectivity index (χ2n) is 8.31. The SMILES string of the molecule is O=c1c2c3nc4ccccc4nc3n(CCc3ccccc3)c2ncn1CC1CCCO1. The summed E-state index contributed by atoms with van der Waals surface area (Å²) >= 11 is 0. The topological polar surface area (TPSA) is 74.8 Å². The number of ether oxygens (including phenoxy) is 1. The molecule has 0 spiro atoms. The Bertz CT molecular complexity index is 1480. The van der Waals surface area contributed by atoms with E-state index in [0.717, 1.165) is 36.9 Å². The van der Waals surface area contributed by atoms with Gasteiger partial charge < -0.3 is 9.30 Å². The Kier molecular flexibility index (Phi) is 4.69. The van der Waals surface area contributed by atoms with Crippen molar-refractivity contribution in [3.63, 3.8) is 0 Å². The van der Waals surface area contributed by atoms with Crippen LogP contribution in [0.4, 0.5) is 0 Å². The van der Waals surface area contributed by atoms with E-state index in [1.54, 1.807) is 10.9 Å². The number of para-hydroxylation sites is 2. The van der Waals surface area contributed by atoms with Crippen molar-refractivity contribution in [2.24, 2.45) is 0 Å². The molecule has 1 fully saturated rings. The van der Waals surface area contributed by atoms with Crippen molar-refractivity contribution >= 4 is 33.2 Å². The fourth-order valence-electron chi connectivity index (χ4n) is 4.57. The molecule has 1 unspecified atom stereocenters. The average molecular weight is 425 g/mol. The van der Waals surface area contributed by atoms with Crippen molar-refractivity contribution in [1.29, 1.82) is 0 Å². The van der Waals surface area contributed by atoms with Crippen molar-refractivity contribution in [2.75, 3.05) is 6.61 Å². The number of fused-ring (bicyclic) bond motifs is 4. The molecule has 0 N–H and O–H groups in total. The first-order valence-electron chi connectivity index (χ1n) is 11.1. The molecule has 0 amide bonds. The first-order valence-corrected chi connectivity index (χ1v) is 11.1. The highest BCUT2D eigenvalue weighted by atomic mass is 16.5. The summed E-state index contributed by atoms with van der Waals surface area (Å²) in [6.07, 6.45) is 4.52. The van der Waals surface area contributed by atoms with E-state index in [2.05, 4.69) is 12.1 Å². The fraction of sp³-hybridized carbons (Fsp3) is 0.280. The van der Waals surface area contributed by atoms with Gasteiger partial charge in [0.25, 0.3) is 5.56 Å². The van der Waals surface area contributed by atoms with Crippen molar-refractivity contribution in [2.45, 2.75) is 38.5 Å². The Balaban J connectivity index is 1.54. The first-order chi connectivity index (χ1) is 15.8. The lowest BCUT2D eigenvalue weighted by atomic mass is 10.1. The summed E-state index contributed by atoms with van der Waals surface area (Å²) in [5.41, 5.74) is 4.68. The summed E-state index contributed by atoms with van der Waals surface area (Å²) in [4.78, 5) is 28.0. The van der Waals surface area contributed by atoms with Gasteiger partial charge in [-0.25, -0.2) is 15.0 Å². The van der Waals surface area contributed by atoms with Gasteiger partial charge in [0.1, 0.15) is 10.9 Å². The summed E-state index contributed by atoms with van der Waals surface area (Å²) in [6.45, 7) is 1.93. The summed E-state index contributed by atoms with van der Waals surface area (Å²) in [7, 11) is 0. The molecule has 32 heavy (non-hydrogen) atoms. The number of benzene rings is 2. The fourth-order valence-corrected chi connectivity index (χ4v) is 4.57. The molecular weight excluding hydrogens is 402 g/mol. The van der Waals surface area contributed by atoms with Gasteiger partial charge in [0.15, 0.2) is 11.3 Å². The van der Waals surface area contributed by atoms with Crippen LogP contribution in [0.5, 0.6) is 0 Å². The summed E-state index contributed by atoms with van der Waals surface area (Å²) in [5.74, 6) is 0. The predicted octanol–water partition coefficient (Wildman–Crippen LogP) is 3.72. The summed E-state index contributed by atoms with van der Waals surface area (Å²) in [6, 6.07) is 18.1. The zero-order valence-electron chi connectivity index (χ0n) is 17.6. The molecule has 0 aliphatic carbocycles. The zero-order chi connectivity index (χ0) is 21.5. The quantitative estimate of drug-likeness (QED) is 0.429. The van der Waals surface area contributed by atoms with E-state index in [1.807, 2.05) is 47.0 Å². The Morgan fingerprint density at radius 3 is 2.53 bits per heavy atom. The van der Waals surface area contributed by atoms with Crippen molar-refractivity contribution < 1.29 is 4.74 Å². The van der Waals surface area contributed by atoms with Gasteiger partial charge in [-0.2, -0.15) is 0 Å². The minimum absolute atomic E-state index is 0.0605. The Labute approximate surface area is 184 Å². The molecule has 1 aliphatic rings. The Hall–Kier alpha value is -3.58. The van der Waals surface area contributed by atoms with Gasteiger partial charge in [-0.3, -0.25) is 9.36 Å². The molecule has 2 aromatic carbocycles. The lowest BCUT2D eigenvalue weighted by Crippen LogP contribution is -2.26. The van der Waals surface area contributed by atoms with Crippen LogP contribution in [0.1, 0.15) is 18.4 Å². The van der Waals surface area contributed by atoms with E-state index >= 15 is 0 Å². The third-order valence-electron chi connectivity index (χ3n) is 6.21. The smallest absolute Gasteiger partial charge is 0.265 e. The van der Waals surface area contributed by atoms with E-state index in [0.29, 0.717) is 35.3 Å². The molecule has 7 nitrogen and oxygen atoms in total. The molecule has 6 rings (SSSR count). The van der Waals surface area contributed by atoms with Crippen molar-refractivity contribution in [1.82, 2.24) is 24.1 Å². The van der Waals surface area contributed by atoms with E-state index in [-0.39, 0.29) is 11.7 Å². The lowest BCUT2D eigenvalue weighted by molar-refractivity contribution is 0.0960. The van der Waals surface area contributed by atoms with Crippen LogP contribution in [0.2, 0.25) is 0 Å². The molecule has 4 heterocycles. The van der Waals surface area contributed by atoms with Gasteiger partial charge >= 0.3 is 0 Å². The minimum atomic E-state index is -0.0847. The van der Waals surface area contributed by atoms with Gasteiger partial charge in [-0.1, -0.05) is 42.5 Å². The van der Waals surface area contributed by atoms with Crippen LogP contribution in [0.15, 0.2) is 65.7 Å². The van der Waals surface area contributed by atoms with Gasteiger partial charge in [-0.15, -0.1) is 0 Å². The Morgan fingerprint density at radius 2 is 1.75 bits per heavy atom. The van der Waals surface area contributed by atoms with E-state index in [9.17, 15) is 4.79 Å². The molecule has 3 aromatic heterocycles. The van der Waals surface area contributed by atoms with Crippen LogP contribution in [0, 0.1) is 0 Å². The molecular formula is C25H23N5O2. The largest absolute Gasteiger partial charge is 0.376 e. The molecule has 160 valence electrons. The van der Waals surface area contributed by atoms with E-state index in [4.69, 9.17) is 19.7 Å². The van der Waals surface area contributed by atoms with Crippen LogP contribution >= 0.6 is 0 Å². The van der Waals surface area contributed by atoms with Gasteiger partial charge in [0.05, 0.1) is 30.0 Å². The monoisotopic (exact) mass is 425 g/mol. The molecule has 7 heteroatoms. The normalized spacial score (nSPS) is 16.4. The van der Waals surface area contributed by atoms with Crippen LogP contribution < -0.4 is 5.56 Å². The van der Waals surface area contributed by atoms with Crippen molar-refractivity contribution in [3.8, 4) is 0 Å². The number of rotatable bonds is 5. The Morgan fingerprint density at radius 1 is 0.969 bits per heavy atom. The highest BCUT2D eigenvalue weighted by Gasteiger charge is 2.22. The highest BCUT2D eigenvalue weighted by molar-refractivity contribution is 6.04. The summed E-state index contributed by atoms with van der Waals surface area (Å²) < 4.78 is 9.44. The van der Waals surface area contributed by atoms with E-state index < -0.39 is 0 Å². The van der Waals surface area contributed by atoms with Gasteiger partial charge in [0.2, 0.25) is 0 Å². The van der Waals surface area contributed by atoms with Gasteiger partial charge in [0, 0.05) is 13.2 Å². The zero-order valence-corrected chi connectivity index (χ0v) is 17.6. The second kappa shape index (κ2) is 7.84. The van der Waals surface area contributed by atoms with Crippen LogP contribution in [-0.4, -0.2) is 36.8 Å². The van der Waals surface area contributed by atoms with Gasteiger partial charge in [-0.05, 0) is 37.0 Å². The molecule has 0 bridgehead atoms. The third kappa shape index (κ3) is 3.26. The van der Waals surface area contributed by atoms with Crippen LogP contribution in [-0.2, 0) is 24.2 Å².